The van der Waals surface area contributed by atoms with Crippen molar-refractivity contribution >= 4 is 39.2 Å². The van der Waals surface area contributed by atoms with E-state index in [4.69, 9.17) is 16.7 Å². The molecule has 2 aromatic rings. The maximum absolute atomic E-state index is 11.8. The van der Waals surface area contributed by atoms with E-state index in [1.807, 2.05) is 0 Å². The van der Waals surface area contributed by atoms with E-state index in [9.17, 15) is 9.59 Å². The topological polar surface area (TPSA) is 59.3 Å². The summed E-state index contributed by atoms with van der Waals surface area (Å²) in [5.41, 5.74) is -0.177. The van der Waals surface area contributed by atoms with Gasteiger partial charge in [-0.2, -0.15) is 0 Å². The summed E-state index contributed by atoms with van der Waals surface area (Å²) in [7, 11) is 0. The molecule has 4 nitrogen and oxygen atoms in total. The lowest BCUT2D eigenvalue weighted by Gasteiger charge is -1.94. The Hall–Kier alpha value is -1.33. The summed E-state index contributed by atoms with van der Waals surface area (Å²) in [6.45, 7) is 0.200. The number of benzene rings is 1. The molecule has 6 heteroatoms. The molecule has 1 aromatic carbocycles. The largest absolute Gasteiger partial charge is 0.481 e. The van der Waals surface area contributed by atoms with E-state index in [-0.39, 0.29) is 18.5 Å². The normalized spacial score (nSPS) is 10.8. The molecule has 0 spiro atoms. The van der Waals surface area contributed by atoms with E-state index in [0.29, 0.717) is 10.4 Å². The number of rotatable bonds is 3. The number of aliphatic carboxylic acids is 1. The molecular weight excluding hydrogens is 250 g/mol. The fourth-order valence-electron chi connectivity index (χ4n) is 1.39. The highest BCUT2D eigenvalue weighted by atomic mass is 35.5. The van der Waals surface area contributed by atoms with E-state index in [0.717, 1.165) is 4.70 Å². The van der Waals surface area contributed by atoms with Crippen molar-refractivity contribution in [3.63, 3.8) is 0 Å². The maximum Gasteiger partial charge on any atom is 0.305 e. The van der Waals surface area contributed by atoms with Gasteiger partial charge in [0.2, 0.25) is 0 Å². The van der Waals surface area contributed by atoms with Gasteiger partial charge in [-0.3, -0.25) is 13.5 Å². The zero-order valence-corrected chi connectivity index (χ0v) is 9.72. The van der Waals surface area contributed by atoms with Crippen LogP contribution in [0.15, 0.2) is 23.0 Å². The number of carboxylic acid groups (broad SMARTS) is 1. The number of aromatic nitrogens is 1. The highest BCUT2D eigenvalue weighted by Gasteiger charge is 2.08. The Balaban J connectivity index is 2.44. The Bertz CT molecular complexity index is 602. The van der Waals surface area contributed by atoms with Gasteiger partial charge in [0.15, 0.2) is 0 Å². The fourth-order valence-corrected chi connectivity index (χ4v) is 2.53. The van der Waals surface area contributed by atoms with Crippen LogP contribution in [0.3, 0.4) is 0 Å². The third-order valence-corrected chi connectivity index (χ3v) is 3.49. The average molecular weight is 258 g/mol. The lowest BCUT2D eigenvalue weighted by atomic mass is 10.3. The number of halogens is 1. The number of aryl methyl sites for hydroxylation is 1. The van der Waals surface area contributed by atoms with Crippen LogP contribution >= 0.6 is 23.1 Å². The van der Waals surface area contributed by atoms with Crippen LogP contribution in [0.1, 0.15) is 6.42 Å². The standard InChI is InChI=1S/C10H8ClNO3S/c11-6-1-2-8-7(5-6)10(15)12(16-8)4-3-9(13)14/h1-2,5H,3-4H2,(H,13,14). The van der Waals surface area contributed by atoms with E-state index >= 15 is 0 Å². The van der Waals surface area contributed by atoms with Crippen molar-refractivity contribution in [1.82, 2.24) is 3.96 Å². The van der Waals surface area contributed by atoms with Crippen LogP contribution in [0, 0.1) is 0 Å². The minimum atomic E-state index is -0.914. The summed E-state index contributed by atoms with van der Waals surface area (Å²) in [5, 5.41) is 9.60. The van der Waals surface area contributed by atoms with E-state index in [2.05, 4.69) is 0 Å². The van der Waals surface area contributed by atoms with Crippen molar-refractivity contribution in [2.24, 2.45) is 0 Å². The Morgan fingerprint density at radius 3 is 2.94 bits per heavy atom. The van der Waals surface area contributed by atoms with Crippen LogP contribution in [-0.2, 0) is 11.3 Å². The van der Waals surface area contributed by atoms with Crippen LogP contribution in [-0.4, -0.2) is 15.0 Å². The molecule has 2 rings (SSSR count). The lowest BCUT2D eigenvalue weighted by molar-refractivity contribution is -0.137. The van der Waals surface area contributed by atoms with Crippen LogP contribution in [0.4, 0.5) is 0 Å². The lowest BCUT2D eigenvalue weighted by Crippen LogP contribution is -2.14. The zero-order chi connectivity index (χ0) is 11.7. The Morgan fingerprint density at radius 2 is 2.25 bits per heavy atom. The van der Waals surface area contributed by atoms with Crippen molar-refractivity contribution in [1.29, 1.82) is 0 Å². The second-order valence-corrected chi connectivity index (χ2v) is 4.78. The molecule has 1 aromatic heterocycles. The first-order chi connectivity index (χ1) is 7.58. The minimum Gasteiger partial charge on any atom is -0.481 e. The minimum absolute atomic E-state index is 0.0551. The smallest absolute Gasteiger partial charge is 0.305 e. The van der Waals surface area contributed by atoms with Crippen molar-refractivity contribution in [2.75, 3.05) is 0 Å². The van der Waals surface area contributed by atoms with Gasteiger partial charge in [0.05, 0.1) is 16.5 Å². The maximum atomic E-state index is 11.8. The van der Waals surface area contributed by atoms with Gasteiger partial charge in [0, 0.05) is 11.6 Å². The van der Waals surface area contributed by atoms with Gasteiger partial charge in [-0.05, 0) is 18.2 Å². The van der Waals surface area contributed by atoms with Crippen LogP contribution < -0.4 is 5.56 Å². The van der Waals surface area contributed by atoms with E-state index in [1.54, 1.807) is 18.2 Å². The quantitative estimate of drug-likeness (QED) is 0.917. The molecule has 1 N–H and O–H groups in total. The molecule has 84 valence electrons. The fraction of sp³-hybridized carbons (Fsp3) is 0.200. The molecule has 0 radical (unpaired) electrons. The molecule has 0 unspecified atom stereocenters. The SMILES string of the molecule is O=C(O)CCn1sc2ccc(Cl)cc2c1=O. The molecular formula is C10H8ClNO3S. The first kappa shape index (κ1) is 11.2. The Labute approximate surface area is 99.8 Å². The second kappa shape index (κ2) is 4.27. The Kier molecular flexibility index (Phi) is 2.98. The van der Waals surface area contributed by atoms with Crippen LogP contribution in [0.25, 0.3) is 10.1 Å². The molecule has 0 saturated heterocycles. The van der Waals surface area contributed by atoms with Gasteiger partial charge < -0.3 is 5.11 Å². The highest BCUT2D eigenvalue weighted by Crippen LogP contribution is 2.20. The molecule has 1 heterocycles. The van der Waals surface area contributed by atoms with E-state index in [1.165, 1.54) is 15.5 Å². The zero-order valence-electron chi connectivity index (χ0n) is 8.14. The molecule has 0 aliphatic heterocycles. The van der Waals surface area contributed by atoms with Gasteiger partial charge >= 0.3 is 5.97 Å². The molecule has 0 aliphatic carbocycles. The number of carboxylic acids is 1. The summed E-state index contributed by atoms with van der Waals surface area (Å²) >= 11 is 7.05. The number of fused-ring (bicyclic) bond motifs is 1. The number of nitrogens with zero attached hydrogens (tertiary/aromatic N) is 1. The Morgan fingerprint density at radius 1 is 1.50 bits per heavy atom. The third-order valence-electron chi connectivity index (χ3n) is 2.14. The van der Waals surface area contributed by atoms with Gasteiger partial charge in [0.1, 0.15) is 0 Å². The number of carbonyl (C=O) groups is 1. The molecule has 0 atom stereocenters. The summed E-state index contributed by atoms with van der Waals surface area (Å²) in [4.78, 5) is 22.2. The molecule has 0 aliphatic rings. The second-order valence-electron chi connectivity index (χ2n) is 3.28. The first-order valence-electron chi connectivity index (χ1n) is 4.59. The van der Waals surface area contributed by atoms with Crippen molar-refractivity contribution < 1.29 is 9.90 Å². The third kappa shape index (κ3) is 2.10. The first-order valence-corrected chi connectivity index (χ1v) is 5.74. The van der Waals surface area contributed by atoms with Gasteiger partial charge in [-0.15, -0.1) is 0 Å². The molecule has 0 bridgehead atoms. The monoisotopic (exact) mass is 257 g/mol. The van der Waals surface area contributed by atoms with Crippen LogP contribution in [0.5, 0.6) is 0 Å². The van der Waals surface area contributed by atoms with Crippen molar-refractivity contribution in [2.45, 2.75) is 13.0 Å². The summed E-state index contributed by atoms with van der Waals surface area (Å²) in [6, 6.07) is 5.08. The van der Waals surface area contributed by atoms with Gasteiger partial charge in [-0.1, -0.05) is 23.1 Å². The highest BCUT2D eigenvalue weighted by molar-refractivity contribution is 7.13. The molecule has 0 fully saturated rings. The molecule has 16 heavy (non-hydrogen) atoms. The average Bonchev–Trinajstić information content (AvgIpc) is 2.53. The molecule has 0 amide bonds. The summed E-state index contributed by atoms with van der Waals surface area (Å²) in [5.74, 6) is -0.914. The van der Waals surface area contributed by atoms with Gasteiger partial charge in [-0.25, -0.2) is 0 Å². The van der Waals surface area contributed by atoms with Crippen LogP contribution in [0.2, 0.25) is 5.02 Å². The predicted octanol–water partition coefficient (Wildman–Crippen LogP) is 2.19. The molecule has 0 saturated carbocycles. The van der Waals surface area contributed by atoms with Crippen molar-refractivity contribution in [3.05, 3.63) is 33.6 Å². The van der Waals surface area contributed by atoms with Crippen molar-refractivity contribution in [3.8, 4) is 0 Å². The van der Waals surface area contributed by atoms with E-state index < -0.39 is 5.97 Å². The summed E-state index contributed by atoms with van der Waals surface area (Å²) in [6.07, 6.45) is -0.0551. The van der Waals surface area contributed by atoms with Gasteiger partial charge in [0.25, 0.3) is 5.56 Å². The predicted molar refractivity (Wildman–Crippen MR) is 63.3 cm³/mol. The summed E-state index contributed by atoms with van der Waals surface area (Å²) < 4.78 is 2.26. The number of hydrogen-bond acceptors (Lipinski definition) is 3. The number of hydrogen-bond donors (Lipinski definition) is 1.